The molecule has 2 aliphatic heterocycles. The molecule has 0 saturated heterocycles. The van der Waals surface area contributed by atoms with Crippen molar-refractivity contribution in [2.24, 2.45) is 10.1 Å². The number of carbonyl (C=O) groups excluding carboxylic acids is 1. The molecule has 7 nitrogen and oxygen atoms in total. The maximum absolute atomic E-state index is 13.0. The van der Waals surface area contributed by atoms with Crippen LogP contribution in [-0.2, 0) is 4.79 Å². The van der Waals surface area contributed by atoms with E-state index in [1.807, 2.05) is 48.7 Å². The number of aliphatic imine (C=N–C) groups is 1. The number of nitrogens with zero attached hydrogens (tertiary/aromatic N) is 4. The summed E-state index contributed by atoms with van der Waals surface area (Å²) in [6.45, 7) is 3.71. The van der Waals surface area contributed by atoms with Crippen molar-refractivity contribution in [3.63, 3.8) is 0 Å². The lowest BCUT2D eigenvalue weighted by molar-refractivity contribution is -0.114. The largest absolute Gasteiger partial charge is 0.495 e. The van der Waals surface area contributed by atoms with Crippen LogP contribution in [-0.4, -0.2) is 44.8 Å². The molecule has 4 rings (SSSR count). The number of amidine groups is 2. The van der Waals surface area contributed by atoms with Crippen LogP contribution in [0.3, 0.4) is 0 Å². The Labute approximate surface area is 179 Å². The van der Waals surface area contributed by atoms with Crippen molar-refractivity contribution in [3.05, 3.63) is 52.9 Å². The summed E-state index contributed by atoms with van der Waals surface area (Å²) in [7, 11) is 1.57. The molecule has 2 aliphatic rings. The lowest BCUT2D eigenvalue weighted by Gasteiger charge is -2.20. The summed E-state index contributed by atoms with van der Waals surface area (Å²) in [5.41, 5.74) is 2.89. The van der Waals surface area contributed by atoms with Gasteiger partial charge >= 0.3 is 6.18 Å². The number of hydrazone groups is 1. The van der Waals surface area contributed by atoms with Gasteiger partial charge in [-0.2, -0.15) is 28.3 Å². The quantitative estimate of drug-likeness (QED) is 0.712. The smallest absolute Gasteiger partial charge is 0.441 e. The second-order valence-corrected chi connectivity index (χ2v) is 7.71. The van der Waals surface area contributed by atoms with Gasteiger partial charge in [-0.25, -0.2) is 0 Å². The molecule has 0 atom stereocenters. The predicted molar refractivity (Wildman–Crippen MR) is 113 cm³/mol. The average Bonchev–Trinajstić information content (AvgIpc) is 3.26. The summed E-state index contributed by atoms with van der Waals surface area (Å²) in [5, 5.41) is 11.0. The fourth-order valence-corrected chi connectivity index (χ4v) is 4.14. The predicted octanol–water partition coefficient (Wildman–Crippen LogP) is 4.28. The number of thioether (sulfide) groups is 1. The van der Waals surface area contributed by atoms with Crippen LogP contribution in [0.2, 0.25) is 0 Å². The highest BCUT2D eigenvalue weighted by Crippen LogP contribution is 2.36. The van der Waals surface area contributed by atoms with Gasteiger partial charge in [-0.1, -0.05) is 12.1 Å². The second kappa shape index (κ2) is 7.41. The molecule has 31 heavy (non-hydrogen) atoms. The van der Waals surface area contributed by atoms with Gasteiger partial charge in [0.1, 0.15) is 5.75 Å². The Bertz CT molecular complexity index is 1210. The van der Waals surface area contributed by atoms with Gasteiger partial charge < -0.3 is 9.30 Å². The van der Waals surface area contributed by atoms with Crippen LogP contribution in [0, 0.1) is 19.3 Å². The summed E-state index contributed by atoms with van der Waals surface area (Å²) < 4.78 is 46.3. The lowest BCUT2D eigenvalue weighted by atomic mass is 10.1. The number of para-hydroxylation sites is 2. The second-order valence-electron chi connectivity index (χ2n) is 6.76. The summed E-state index contributed by atoms with van der Waals surface area (Å²) >= 11 is 0.222. The zero-order valence-electron chi connectivity index (χ0n) is 16.6. The minimum absolute atomic E-state index is 0.142. The van der Waals surface area contributed by atoms with Gasteiger partial charge in [0.25, 0.3) is 5.91 Å². The highest BCUT2D eigenvalue weighted by atomic mass is 32.2. The van der Waals surface area contributed by atoms with E-state index in [1.165, 1.54) is 6.08 Å². The third kappa shape index (κ3) is 3.54. The highest BCUT2D eigenvalue weighted by molar-refractivity contribution is 8.27. The van der Waals surface area contributed by atoms with Crippen molar-refractivity contribution >= 4 is 39.8 Å². The SMILES string of the molecule is COc1ccccc1-n1c(C)cc(/C=C2\C(=N)N3N=C(C(F)(F)F)SC3=NC2=O)c1C. The van der Waals surface area contributed by atoms with Gasteiger partial charge in [0, 0.05) is 11.4 Å². The number of benzene rings is 1. The molecule has 0 spiro atoms. The zero-order valence-corrected chi connectivity index (χ0v) is 17.4. The maximum atomic E-state index is 13.0. The van der Waals surface area contributed by atoms with Crippen LogP contribution in [0.5, 0.6) is 5.75 Å². The molecule has 1 amide bonds. The monoisotopic (exact) mass is 447 g/mol. The Morgan fingerprint density at radius 1 is 1.23 bits per heavy atom. The van der Waals surface area contributed by atoms with Crippen molar-refractivity contribution in [2.45, 2.75) is 20.0 Å². The van der Waals surface area contributed by atoms with Gasteiger partial charge in [-0.15, -0.1) is 0 Å². The fraction of sp³-hybridized carbons (Fsp3) is 0.200. The number of rotatable bonds is 3. The van der Waals surface area contributed by atoms with Crippen LogP contribution in [0.25, 0.3) is 11.8 Å². The van der Waals surface area contributed by atoms with Gasteiger partial charge in [0.2, 0.25) is 10.2 Å². The first-order chi connectivity index (χ1) is 14.6. The van der Waals surface area contributed by atoms with E-state index in [1.54, 1.807) is 7.11 Å². The molecule has 0 radical (unpaired) electrons. The van der Waals surface area contributed by atoms with Crippen molar-refractivity contribution in [2.75, 3.05) is 7.11 Å². The molecule has 160 valence electrons. The topological polar surface area (TPSA) is 83.0 Å². The number of hydrogen-bond donors (Lipinski definition) is 1. The molecule has 0 saturated carbocycles. The van der Waals surface area contributed by atoms with Crippen LogP contribution in [0.4, 0.5) is 13.2 Å². The lowest BCUT2D eigenvalue weighted by Crippen LogP contribution is -2.35. The molecular weight excluding hydrogens is 431 g/mol. The zero-order chi connectivity index (χ0) is 22.5. The van der Waals surface area contributed by atoms with Crippen LogP contribution < -0.4 is 4.74 Å². The molecule has 1 N–H and O–H groups in total. The van der Waals surface area contributed by atoms with E-state index in [0.29, 0.717) is 11.3 Å². The number of aromatic nitrogens is 1. The van der Waals surface area contributed by atoms with E-state index in [-0.39, 0.29) is 22.5 Å². The number of fused-ring (bicyclic) bond motifs is 1. The normalized spacial score (nSPS) is 17.7. The molecule has 0 unspecified atom stereocenters. The maximum Gasteiger partial charge on any atom is 0.441 e. The van der Waals surface area contributed by atoms with Gasteiger partial charge in [-0.3, -0.25) is 10.2 Å². The Balaban J connectivity index is 1.76. The number of alkyl halides is 3. The minimum atomic E-state index is -4.68. The van der Waals surface area contributed by atoms with E-state index in [4.69, 9.17) is 10.1 Å². The Morgan fingerprint density at radius 3 is 2.61 bits per heavy atom. The first kappa shape index (κ1) is 20.9. The molecule has 3 heterocycles. The first-order valence-corrected chi connectivity index (χ1v) is 9.83. The number of amides is 1. The van der Waals surface area contributed by atoms with Crippen molar-refractivity contribution in [1.82, 2.24) is 9.58 Å². The van der Waals surface area contributed by atoms with Crippen LogP contribution in [0.15, 0.2) is 46.0 Å². The summed E-state index contributed by atoms with van der Waals surface area (Å²) in [6.07, 6.45) is -3.23. The number of methoxy groups -OCH3 is 1. The number of aryl methyl sites for hydroxylation is 1. The van der Waals surface area contributed by atoms with Crippen LogP contribution in [0.1, 0.15) is 17.0 Å². The van der Waals surface area contributed by atoms with E-state index < -0.39 is 23.0 Å². The average molecular weight is 447 g/mol. The molecule has 1 aromatic heterocycles. The summed E-state index contributed by atoms with van der Waals surface area (Å²) in [5.74, 6) is -0.587. The third-order valence-corrected chi connectivity index (χ3v) is 5.75. The minimum Gasteiger partial charge on any atom is -0.495 e. The van der Waals surface area contributed by atoms with E-state index in [2.05, 4.69) is 10.1 Å². The number of hydrogen-bond acceptors (Lipinski definition) is 5. The number of nitrogens with one attached hydrogen (secondary N) is 1. The van der Waals surface area contributed by atoms with E-state index in [9.17, 15) is 18.0 Å². The molecule has 0 fully saturated rings. The van der Waals surface area contributed by atoms with Gasteiger partial charge in [0.15, 0.2) is 5.84 Å². The molecule has 1 aromatic carbocycles. The number of halogens is 3. The molecule has 11 heteroatoms. The molecule has 0 bridgehead atoms. The summed E-state index contributed by atoms with van der Waals surface area (Å²) in [6, 6.07) is 9.24. The fourth-order valence-electron chi connectivity index (χ4n) is 3.38. The Morgan fingerprint density at radius 2 is 1.94 bits per heavy atom. The number of carbonyl (C=O) groups is 1. The first-order valence-electron chi connectivity index (χ1n) is 9.01. The summed E-state index contributed by atoms with van der Waals surface area (Å²) in [4.78, 5) is 16.2. The molecule has 2 aromatic rings. The highest BCUT2D eigenvalue weighted by Gasteiger charge is 2.46. The van der Waals surface area contributed by atoms with E-state index in [0.717, 1.165) is 22.1 Å². The molecule has 0 aliphatic carbocycles. The van der Waals surface area contributed by atoms with Crippen molar-refractivity contribution in [1.29, 1.82) is 5.41 Å². The van der Waals surface area contributed by atoms with E-state index >= 15 is 0 Å². The Hall–Kier alpha value is -3.34. The van der Waals surface area contributed by atoms with Crippen molar-refractivity contribution < 1.29 is 22.7 Å². The van der Waals surface area contributed by atoms with Crippen molar-refractivity contribution in [3.8, 4) is 11.4 Å². The Kier molecular flexibility index (Phi) is 5.00. The van der Waals surface area contributed by atoms with Crippen LogP contribution >= 0.6 is 11.8 Å². The third-order valence-electron chi connectivity index (χ3n) is 4.79. The van der Waals surface area contributed by atoms with Gasteiger partial charge in [-0.05, 0) is 55.4 Å². The standard InChI is InChI=1S/C20H16F3N5O2S/c1-10-8-12(11(2)27(10)14-6-4-5-7-15(14)30-3)9-13-16(24)28-19(25-17(13)29)31-18(26-28)20(21,22)23/h4-9,24H,1-3H3/b13-9+,24-16?. The van der Waals surface area contributed by atoms with Gasteiger partial charge in [0.05, 0.1) is 18.4 Å². The number of ether oxygens (including phenoxy) is 1. The molecular formula is C20H16F3N5O2S.